The van der Waals surface area contributed by atoms with Crippen molar-refractivity contribution in [3.05, 3.63) is 18.2 Å². The second-order valence-corrected chi connectivity index (χ2v) is 2.50. The second-order valence-electron chi connectivity index (χ2n) is 2.50. The summed E-state index contributed by atoms with van der Waals surface area (Å²) in [5.74, 6) is 0.650. The zero-order valence-electron chi connectivity index (χ0n) is 6.55. The van der Waals surface area contributed by atoms with Crippen molar-refractivity contribution in [1.29, 1.82) is 0 Å². The van der Waals surface area contributed by atoms with Crippen LogP contribution in [0.25, 0.3) is 0 Å². The van der Waals surface area contributed by atoms with Crippen LogP contribution >= 0.6 is 0 Å². The van der Waals surface area contributed by atoms with Crippen molar-refractivity contribution in [2.75, 3.05) is 19.8 Å². The van der Waals surface area contributed by atoms with Crippen LogP contribution in [0.2, 0.25) is 0 Å². The van der Waals surface area contributed by atoms with Crippen LogP contribution < -0.4 is 5.32 Å². The van der Waals surface area contributed by atoms with Gasteiger partial charge in [-0.25, -0.2) is 10.3 Å². The maximum atomic E-state index is 5.23. The molecule has 1 aromatic rings. The van der Waals surface area contributed by atoms with Gasteiger partial charge in [-0.15, -0.1) is 5.10 Å². The van der Waals surface area contributed by atoms with Crippen LogP contribution in [-0.4, -0.2) is 34.9 Å². The predicted octanol–water partition coefficient (Wildman–Crippen LogP) is -0.453. The molecule has 2 heterocycles. The highest BCUT2D eigenvalue weighted by molar-refractivity contribution is 4.92. The second kappa shape index (κ2) is 3.55. The number of hydrogen-bond donors (Lipinski definition) is 0. The minimum Gasteiger partial charge on any atom is -0.378 e. The summed E-state index contributed by atoms with van der Waals surface area (Å²) in [5.41, 5.74) is 0. The van der Waals surface area contributed by atoms with Crippen LogP contribution in [-0.2, 0) is 4.74 Å². The first-order chi connectivity index (χ1) is 5.97. The van der Waals surface area contributed by atoms with Gasteiger partial charge in [-0.1, -0.05) is 0 Å². The first-order valence-electron chi connectivity index (χ1n) is 3.85. The Morgan fingerprint density at radius 2 is 2.42 bits per heavy atom. The van der Waals surface area contributed by atoms with E-state index >= 15 is 0 Å². The molecule has 0 N–H and O–H groups in total. The first-order valence-corrected chi connectivity index (χ1v) is 3.85. The van der Waals surface area contributed by atoms with Crippen LogP contribution in [0.1, 0.15) is 11.9 Å². The molecule has 0 spiro atoms. The molecule has 1 aliphatic rings. The fourth-order valence-corrected chi connectivity index (χ4v) is 1.09. The number of aromatic nitrogens is 3. The molecule has 1 aromatic heterocycles. The molecular weight excluding hydrogens is 156 g/mol. The van der Waals surface area contributed by atoms with Crippen LogP contribution in [0.15, 0.2) is 12.4 Å². The lowest BCUT2D eigenvalue weighted by molar-refractivity contribution is 0.0715. The van der Waals surface area contributed by atoms with E-state index in [4.69, 9.17) is 4.74 Å². The van der Waals surface area contributed by atoms with Gasteiger partial charge in [-0.05, 0) is 0 Å². The van der Waals surface area contributed by atoms with Crippen molar-refractivity contribution in [1.82, 2.24) is 20.5 Å². The van der Waals surface area contributed by atoms with Gasteiger partial charge in [-0.3, -0.25) is 0 Å². The highest BCUT2D eigenvalue weighted by atomic mass is 16.5. The third-order valence-corrected chi connectivity index (χ3v) is 1.66. The van der Waals surface area contributed by atoms with Gasteiger partial charge >= 0.3 is 0 Å². The Morgan fingerprint density at radius 3 is 3.08 bits per heavy atom. The van der Waals surface area contributed by atoms with E-state index in [1.54, 1.807) is 12.4 Å². The van der Waals surface area contributed by atoms with Crippen molar-refractivity contribution in [3.63, 3.8) is 0 Å². The van der Waals surface area contributed by atoms with Gasteiger partial charge in [-0.2, -0.15) is 5.10 Å². The summed E-state index contributed by atoms with van der Waals surface area (Å²) in [5, 5.41) is 11.9. The van der Waals surface area contributed by atoms with Gasteiger partial charge in [0.2, 0.25) is 0 Å². The SMILES string of the molecule is c1cnc(C2COCC[N]2)nn1. The van der Waals surface area contributed by atoms with E-state index in [0.717, 1.165) is 6.54 Å². The molecule has 1 fully saturated rings. The van der Waals surface area contributed by atoms with Crippen LogP contribution in [0.4, 0.5) is 0 Å². The van der Waals surface area contributed by atoms with Gasteiger partial charge < -0.3 is 4.74 Å². The van der Waals surface area contributed by atoms with E-state index in [9.17, 15) is 0 Å². The minimum absolute atomic E-state index is 0.0209. The lowest BCUT2D eigenvalue weighted by atomic mass is 10.2. The summed E-state index contributed by atoms with van der Waals surface area (Å²) in [6.45, 7) is 2.01. The molecule has 1 aliphatic heterocycles. The summed E-state index contributed by atoms with van der Waals surface area (Å²) in [6.07, 6.45) is 3.17. The van der Waals surface area contributed by atoms with E-state index in [1.165, 1.54) is 0 Å². The number of morpholine rings is 1. The number of ether oxygens (including phenoxy) is 1. The topological polar surface area (TPSA) is 62.0 Å². The van der Waals surface area contributed by atoms with Crippen molar-refractivity contribution in [2.24, 2.45) is 0 Å². The van der Waals surface area contributed by atoms with Crippen molar-refractivity contribution < 1.29 is 4.74 Å². The van der Waals surface area contributed by atoms with Crippen LogP contribution in [0.3, 0.4) is 0 Å². The lowest BCUT2D eigenvalue weighted by Gasteiger charge is -2.19. The largest absolute Gasteiger partial charge is 0.378 e. The highest BCUT2D eigenvalue weighted by Crippen LogP contribution is 2.10. The summed E-state index contributed by atoms with van der Waals surface area (Å²) < 4.78 is 5.23. The molecule has 0 aromatic carbocycles. The monoisotopic (exact) mass is 165 g/mol. The van der Waals surface area contributed by atoms with Crippen LogP contribution in [0.5, 0.6) is 0 Å². The molecule has 63 valence electrons. The molecule has 1 saturated heterocycles. The molecule has 5 nitrogen and oxygen atoms in total. The summed E-state index contributed by atoms with van der Waals surface area (Å²) in [6, 6.07) is -0.0209. The smallest absolute Gasteiger partial charge is 0.171 e. The molecule has 0 bridgehead atoms. The molecule has 1 atom stereocenters. The normalized spacial score (nSPS) is 23.8. The van der Waals surface area contributed by atoms with Gasteiger partial charge in [0.15, 0.2) is 5.82 Å². The Kier molecular flexibility index (Phi) is 2.24. The van der Waals surface area contributed by atoms with Crippen molar-refractivity contribution >= 4 is 0 Å². The van der Waals surface area contributed by atoms with E-state index < -0.39 is 0 Å². The molecule has 5 heteroatoms. The zero-order chi connectivity index (χ0) is 8.23. The van der Waals surface area contributed by atoms with E-state index in [2.05, 4.69) is 20.5 Å². The Balaban J connectivity index is 2.08. The Bertz CT molecular complexity index is 234. The molecule has 0 aliphatic carbocycles. The maximum Gasteiger partial charge on any atom is 0.171 e. The molecule has 1 unspecified atom stereocenters. The van der Waals surface area contributed by atoms with Crippen molar-refractivity contribution in [3.8, 4) is 0 Å². The molecule has 1 radical (unpaired) electrons. The number of hydrogen-bond acceptors (Lipinski definition) is 4. The highest BCUT2D eigenvalue weighted by Gasteiger charge is 2.18. The van der Waals surface area contributed by atoms with E-state index in [-0.39, 0.29) is 6.04 Å². The van der Waals surface area contributed by atoms with Gasteiger partial charge in [0.25, 0.3) is 0 Å². The Hall–Kier alpha value is -1.07. The summed E-state index contributed by atoms with van der Waals surface area (Å²) >= 11 is 0. The van der Waals surface area contributed by atoms with Crippen LogP contribution in [0, 0.1) is 0 Å². The number of nitrogens with zero attached hydrogens (tertiary/aromatic N) is 4. The van der Waals surface area contributed by atoms with Gasteiger partial charge in [0.1, 0.15) is 6.04 Å². The third kappa shape index (κ3) is 1.57. The Morgan fingerprint density at radius 1 is 1.42 bits per heavy atom. The average molecular weight is 165 g/mol. The predicted molar refractivity (Wildman–Crippen MR) is 40.4 cm³/mol. The zero-order valence-corrected chi connectivity index (χ0v) is 6.55. The molecule has 0 amide bonds. The van der Waals surface area contributed by atoms with Crippen molar-refractivity contribution in [2.45, 2.75) is 6.04 Å². The van der Waals surface area contributed by atoms with E-state index in [0.29, 0.717) is 19.0 Å². The summed E-state index contributed by atoms with van der Waals surface area (Å²) in [4.78, 5) is 4.06. The number of rotatable bonds is 1. The quantitative estimate of drug-likeness (QED) is 0.565. The maximum absolute atomic E-state index is 5.23. The van der Waals surface area contributed by atoms with Gasteiger partial charge in [0.05, 0.1) is 19.4 Å². The minimum atomic E-state index is -0.0209. The third-order valence-electron chi connectivity index (χ3n) is 1.66. The molecule has 0 saturated carbocycles. The first kappa shape index (κ1) is 7.57. The lowest BCUT2D eigenvalue weighted by Crippen LogP contribution is -2.30. The van der Waals surface area contributed by atoms with E-state index in [1.807, 2.05) is 0 Å². The average Bonchev–Trinajstić information content (AvgIpc) is 2.21. The fraction of sp³-hybridized carbons (Fsp3) is 0.571. The fourth-order valence-electron chi connectivity index (χ4n) is 1.09. The molecular formula is C7H9N4O. The molecule has 2 rings (SSSR count). The molecule has 12 heavy (non-hydrogen) atoms. The summed E-state index contributed by atoms with van der Waals surface area (Å²) in [7, 11) is 0. The standard InChI is InChI=1S/C7H9N4O/c1-2-10-11-7(9-1)6-5-12-4-3-8-6/h1-2,6H,3-5H2. The Labute approximate surface area is 70.2 Å². The van der Waals surface area contributed by atoms with Gasteiger partial charge in [0, 0.05) is 12.7 Å².